The van der Waals surface area contributed by atoms with Gasteiger partial charge in [-0.3, -0.25) is 4.98 Å². The monoisotopic (exact) mass is 318 g/mol. The maximum atomic E-state index is 5.32. The summed E-state index contributed by atoms with van der Waals surface area (Å²) in [6.45, 7) is 2.04. The van der Waals surface area contributed by atoms with Crippen molar-refractivity contribution in [2.75, 3.05) is 0 Å². The van der Waals surface area contributed by atoms with Gasteiger partial charge in [-0.1, -0.05) is 41.6 Å². The van der Waals surface area contributed by atoms with Gasteiger partial charge in [-0.05, 0) is 30.7 Å². The minimum Gasteiger partial charge on any atom is -0.332 e. The first kappa shape index (κ1) is 14.3. The molecule has 7 heteroatoms. The lowest BCUT2D eigenvalue weighted by atomic mass is 10.2. The van der Waals surface area contributed by atoms with Crippen molar-refractivity contribution in [1.29, 1.82) is 0 Å². The van der Waals surface area contributed by atoms with Crippen molar-refractivity contribution in [2.45, 2.75) is 13.3 Å². The van der Waals surface area contributed by atoms with Gasteiger partial charge >= 0.3 is 0 Å². The summed E-state index contributed by atoms with van der Waals surface area (Å²) in [6, 6.07) is 15.4. The highest BCUT2D eigenvalue weighted by atomic mass is 16.5. The predicted molar refractivity (Wildman–Crippen MR) is 87.3 cm³/mol. The molecule has 0 saturated carbocycles. The van der Waals surface area contributed by atoms with Gasteiger partial charge in [0.25, 0.3) is 5.89 Å². The molecule has 3 aromatic heterocycles. The molecule has 0 aliphatic carbocycles. The largest absolute Gasteiger partial charge is 0.332 e. The maximum Gasteiger partial charge on any atom is 0.276 e. The molecule has 0 aliphatic heterocycles. The molecule has 0 aliphatic rings. The van der Waals surface area contributed by atoms with Crippen LogP contribution in [-0.2, 0) is 6.42 Å². The zero-order valence-corrected chi connectivity index (χ0v) is 13.0. The third-order valence-corrected chi connectivity index (χ3v) is 3.62. The Labute approximate surface area is 138 Å². The SMILES string of the molecule is CCc1c(-c2noc(-c3ccccn3)n2)nnn1-c1ccccc1. The van der Waals surface area contributed by atoms with E-state index in [1.165, 1.54) is 0 Å². The van der Waals surface area contributed by atoms with Crippen LogP contribution < -0.4 is 0 Å². The number of aromatic nitrogens is 6. The number of pyridine rings is 1. The molecule has 7 nitrogen and oxygen atoms in total. The van der Waals surface area contributed by atoms with Crippen LogP contribution >= 0.6 is 0 Å². The van der Waals surface area contributed by atoms with Crippen LogP contribution in [0.3, 0.4) is 0 Å². The molecule has 0 bridgehead atoms. The van der Waals surface area contributed by atoms with E-state index in [1.807, 2.05) is 55.5 Å². The average Bonchev–Trinajstić information content (AvgIpc) is 3.30. The Morgan fingerprint density at radius 3 is 2.62 bits per heavy atom. The second-order valence-electron chi connectivity index (χ2n) is 5.12. The van der Waals surface area contributed by atoms with E-state index >= 15 is 0 Å². The second-order valence-corrected chi connectivity index (χ2v) is 5.12. The van der Waals surface area contributed by atoms with Crippen LogP contribution in [0.2, 0.25) is 0 Å². The summed E-state index contributed by atoms with van der Waals surface area (Å²) in [4.78, 5) is 8.62. The molecule has 1 aromatic carbocycles. The van der Waals surface area contributed by atoms with Crippen molar-refractivity contribution in [3.05, 3.63) is 60.4 Å². The Bertz CT molecular complexity index is 946. The molecule has 0 N–H and O–H groups in total. The molecular formula is C17H14N6O. The highest BCUT2D eigenvalue weighted by Gasteiger charge is 2.20. The van der Waals surface area contributed by atoms with Gasteiger partial charge < -0.3 is 4.52 Å². The Balaban J connectivity index is 1.76. The first-order valence-electron chi connectivity index (χ1n) is 7.62. The third kappa shape index (κ3) is 2.45. The quantitative estimate of drug-likeness (QED) is 0.575. The molecule has 0 saturated heterocycles. The van der Waals surface area contributed by atoms with Crippen molar-refractivity contribution in [1.82, 2.24) is 30.1 Å². The Morgan fingerprint density at radius 1 is 1.04 bits per heavy atom. The van der Waals surface area contributed by atoms with Crippen LogP contribution in [0.1, 0.15) is 12.6 Å². The van der Waals surface area contributed by atoms with E-state index in [-0.39, 0.29) is 0 Å². The molecule has 24 heavy (non-hydrogen) atoms. The zero-order chi connectivity index (χ0) is 16.4. The van der Waals surface area contributed by atoms with Gasteiger partial charge in [0.2, 0.25) is 5.82 Å². The van der Waals surface area contributed by atoms with Crippen molar-refractivity contribution < 1.29 is 4.52 Å². The number of hydrogen-bond acceptors (Lipinski definition) is 6. The van der Waals surface area contributed by atoms with Gasteiger partial charge in [0.15, 0.2) is 5.69 Å². The third-order valence-electron chi connectivity index (χ3n) is 3.62. The fraction of sp³-hybridized carbons (Fsp3) is 0.118. The standard InChI is InChI=1S/C17H14N6O/c1-2-14-15(20-22-23(14)12-8-4-3-5-9-12)16-19-17(24-21-16)13-10-6-7-11-18-13/h3-11H,2H2,1H3. The van der Waals surface area contributed by atoms with Crippen molar-refractivity contribution in [3.63, 3.8) is 0 Å². The lowest BCUT2D eigenvalue weighted by molar-refractivity contribution is 0.430. The van der Waals surface area contributed by atoms with Gasteiger partial charge in [0.1, 0.15) is 5.69 Å². The van der Waals surface area contributed by atoms with E-state index in [2.05, 4.69) is 25.4 Å². The fourth-order valence-corrected chi connectivity index (χ4v) is 2.48. The predicted octanol–water partition coefficient (Wildman–Crippen LogP) is 2.94. The van der Waals surface area contributed by atoms with Crippen LogP contribution in [-0.4, -0.2) is 30.1 Å². The average molecular weight is 318 g/mol. The summed E-state index contributed by atoms with van der Waals surface area (Å²) >= 11 is 0. The van der Waals surface area contributed by atoms with Gasteiger partial charge in [-0.15, -0.1) is 5.10 Å². The van der Waals surface area contributed by atoms with E-state index in [0.717, 1.165) is 17.8 Å². The van der Waals surface area contributed by atoms with Crippen LogP contribution in [0.4, 0.5) is 0 Å². The fourth-order valence-electron chi connectivity index (χ4n) is 2.48. The van der Waals surface area contributed by atoms with Gasteiger partial charge in [0, 0.05) is 6.20 Å². The van der Waals surface area contributed by atoms with E-state index < -0.39 is 0 Å². The first-order chi connectivity index (χ1) is 11.9. The maximum absolute atomic E-state index is 5.32. The summed E-state index contributed by atoms with van der Waals surface area (Å²) in [5.74, 6) is 0.775. The van der Waals surface area contributed by atoms with E-state index in [1.54, 1.807) is 10.9 Å². The second kappa shape index (κ2) is 6.04. The molecule has 4 rings (SSSR count). The molecule has 0 radical (unpaired) electrons. The molecule has 0 fully saturated rings. The molecule has 0 atom stereocenters. The normalized spacial score (nSPS) is 10.9. The molecular weight excluding hydrogens is 304 g/mol. The molecule has 118 valence electrons. The molecule has 4 aromatic rings. The number of hydrogen-bond donors (Lipinski definition) is 0. The van der Waals surface area contributed by atoms with Crippen LogP contribution in [0.15, 0.2) is 59.3 Å². The van der Waals surface area contributed by atoms with E-state index in [4.69, 9.17) is 4.52 Å². The highest BCUT2D eigenvalue weighted by molar-refractivity contribution is 5.57. The van der Waals surface area contributed by atoms with Crippen molar-refractivity contribution in [3.8, 4) is 28.8 Å². The van der Waals surface area contributed by atoms with E-state index in [0.29, 0.717) is 23.1 Å². The number of para-hydroxylation sites is 1. The van der Waals surface area contributed by atoms with E-state index in [9.17, 15) is 0 Å². The minimum absolute atomic E-state index is 0.363. The van der Waals surface area contributed by atoms with Crippen molar-refractivity contribution >= 4 is 0 Å². The van der Waals surface area contributed by atoms with Crippen LogP contribution in [0.5, 0.6) is 0 Å². The number of benzene rings is 1. The van der Waals surface area contributed by atoms with Gasteiger partial charge in [-0.25, -0.2) is 4.68 Å². The molecule has 0 amide bonds. The summed E-state index contributed by atoms with van der Waals surface area (Å²) in [6.07, 6.45) is 2.42. The van der Waals surface area contributed by atoms with Crippen molar-refractivity contribution in [2.24, 2.45) is 0 Å². The Kier molecular flexibility index (Phi) is 3.59. The van der Waals surface area contributed by atoms with Crippen LogP contribution in [0.25, 0.3) is 28.8 Å². The summed E-state index contributed by atoms with van der Waals surface area (Å²) in [5, 5.41) is 12.5. The Hall–Kier alpha value is -3.35. The highest BCUT2D eigenvalue weighted by Crippen LogP contribution is 2.24. The molecule has 3 heterocycles. The van der Waals surface area contributed by atoms with Gasteiger partial charge in [0.05, 0.1) is 11.4 Å². The lowest BCUT2D eigenvalue weighted by Gasteiger charge is -2.04. The molecule has 0 unspecified atom stereocenters. The van der Waals surface area contributed by atoms with Gasteiger partial charge in [-0.2, -0.15) is 4.98 Å². The Morgan fingerprint density at radius 2 is 1.88 bits per heavy atom. The zero-order valence-electron chi connectivity index (χ0n) is 13.0. The summed E-state index contributed by atoms with van der Waals surface area (Å²) in [7, 11) is 0. The summed E-state index contributed by atoms with van der Waals surface area (Å²) < 4.78 is 7.12. The number of nitrogens with zero attached hydrogens (tertiary/aromatic N) is 6. The smallest absolute Gasteiger partial charge is 0.276 e. The first-order valence-corrected chi connectivity index (χ1v) is 7.62. The summed E-state index contributed by atoms with van der Waals surface area (Å²) in [5.41, 5.74) is 3.12. The topological polar surface area (TPSA) is 82.5 Å². The minimum atomic E-state index is 0.363. The van der Waals surface area contributed by atoms with Crippen LogP contribution in [0, 0.1) is 0 Å². The number of rotatable bonds is 4. The molecule has 0 spiro atoms. The lowest BCUT2D eigenvalue weighted by Crippen LogP contribution is -2.01.